The molecule has 10 heteroatoms. The van der Waals surface area contributed by atoms with Crippen LogP contribution in [0.5, 0.6) is 5.75 Å². The molecule has 6 nitrogen and oxygen atoms in total. The van der Waals surface area contributed by atoms with Gasteiger partial charge < -0.3 is 4.74 Å². The predicted molar refractivity (Wildman–Crippen MR) is 121 cm³/mol. The zero-order valence-electron chi connectivity index (χ0n) is 18.4. The Morgan fingerprint density at radius 3 is 2.53 bits per heavy atom. The van der Waals surface area contributed by atoms with Gasteiger partial charge in [-0.15, -0.1) is 0 Å². The summed E-state index contributed by atoms with van der Waals surface area (Å²) >= 11 is 6.29. The maximum Gasteiger partial charge on any atom is 0.277 e. The topological polar surface area (TPSA) is 69.9 Å². The molecule has 4 heterocycles. The van der Waals surface area contributed by atoms with Crippen molar-refractivity contribution in [3.63, 3.8) is 0 Å². The summed E-state index contributed by atoms with van der Waals surface area (Å²) in [7, 11) is 0. The highest BCUT2D eigenvalue weighted by Crippen LogP contribution is 2.28. The number of pyridine rings is 4. The van der Waals surface area contributed by atoms with E-state index in [2.05, 4.69) is 15.0 Å². The molecule has 4 aromatic rings. The highest BCUT2D eigenvalue weighted by atomic mass is 35.5. The molecular formula is C24H18ClF3N4O2. The van der Waals surface area contributed by atoms with Crippen LogP contribution in [-0.4, -0.2) is 19.5 Å². The maximum atomic E-state index is 14.6. The minimum Gasteiger partial charge on any atom is -0.485 e. The van der Waals surface area contributed by atoms with E-state index < -0.39 is 23.0 Å². The Labute approximate surface area is 197 Å². The van der Waals surface area contributed by atoms with E-state index in [1.54, 1.807) is 26.8 Å². The Morgan fingerprint density at radius 2 is 1.79 bits per heavy atom. The Bertz CT molecular complexity index is 1470. The smallest absolute Gasteiger partial charge is 0.277 e. The third-order valence-corrected chi connectivity index (χ3v) is 5.55. The normalized spacial score (nSPS) is 11.0. The minimum atomic E-state index is -0.875. The van der Waals surface area contributed by atoms with Crippen LogP contribution >= 0.6 is 11.6 Å². The zero-order valence-corrected chi connectivity index (χ0v) is 19.1. The molecule has 0 aliphatic rings. The van der Waals surface area contributed by atoms with E-state index in [9.17, 15) is 18.0 Å². The summed E-state index contributed by atoms with van der Waals surface area (Å²) in [5.41, 5.74) is 1.65. The van der Waals surface area contributed by atoms with Crippen molar-refractivity contribution in [1.29, 1.82) is 0 Å². The van der Waals surface area contributed by atoms with Gasteiger partial charge in [-0.05, 0) is 38.5 Å². The SMILES string of the molecule is Cc1cnc(-c2ccnc(C)c2F)cc1-n1c(C)cc(OCc2ncc(F)cc2F)c(Cl)c1=O. The molecule has 0 saturated carbocycles. The van der Waals surface area contributed by atoms with Crippen molar-refractivity contribution in [2.24, 2.45) is 0 Å². The largest absolute Gasteiger partial charge is 0.485 e. The van der Waals surface area contributed by atoms with Crippen LogP contribution < -0.4 is 10.3 Å². The lowest BCUT2D eigenvalue weighted by Crippen LogP contribution is -2.23. The van der Waals surface area contributed by atoms with Gasteiger partial charge in [0.1, 0.15) is 28.9 Å². The summed E-state index contributed by atoms with van der Waals surface area (Å²) in [5.74, 6) is -2.17. The van der Waals surface area contributed by atoms with Crippen LogP contribution in [0.15, 0.2) is 47.7 Å². The Morgan fingerprint density at radius 1 is 1.03 bits per heavy atom. The molecule has 0 bridgehead atoms. The van der Waals surface area contributed by atoms with E-state index in [4.69, 9.17) is 16.3 Å². The van der Waals surface area contributed by atoms with Crippen LogP contribution in [0.4, 0.5) is 13.2 Å². The van der Waals surface area contributed by atoms with E-state index >= 15 is 0 Å². The van der Waals surface area contributed by atoms with Gasteiger partial charge in [0, 0.05) is 35.8 Å². The highest BCUT2D eigenvalue weighted by Gasteiger charge is 2.18. The standard InChI is InChI=1S/C24H18ClF3N4O2/c1-12-9-30-18(16-4-5-29-14(3)23(16)28)8-20(12)32-13(2)6-21(22(25)24(32)33)34-11-19-17(27)7-15(26)10-31-19/h4-10H,11H2,1-3H3. The van der Waals surface area contributed by atoms with Gasteiger partial charge in [0.2, 0.25) is 0 Å². The van der Waals surface area contributed by atoms with Crippen molar-refractivity contribution in [2.45, 2.75) is 27.4 Å². The highest BCUT2D eigenvalue weighted by molar-refractivity contribution is 6.31. The van der Waals surface area contributed by atoms with Crippen LogP contribution in [0.1, 0.15) is 22.6 Å². The van der Waals surface area contributed by atoms with Crippen molar-refractivity contribution in [3.8, 4) is 22.7 Å². The molecule has 0 fully saturated rings. The predicted octanol–water partition coefficient (Wildman–Crippen LogP) is 5.26. The first-order chi connectivity index (χ1) is 16.2. The molecule has 34 heavy (non-hydrogen) atoms. The van der Waals surface area contributed by atoms with Gasteiger partial charge in [0.15, 0.2) is 11.6 Å². The lowest BCUT2D eigenvalue weighted by atomic mass is 10.1. The quantitative estimate of drug-likeness (QED) is 0.384. The fraction of sp³-hybridized carbons (Fsp3) is 0.167. The number of ether oxygens (including phenoxy) is 1. The third kappa shape index (κ3) is 4.38. The first kappa shape index (κ1) is 23.4. The fourth-order valence-corrected chi connectivity index (χ4v) is 3.62. The average Bonchev–Trinajstić information content (AvgIpc) is 2.79. The van der Waals surface area contributed by atoms with Crippen LogP contribution in [0.25, 0.3) is 16.9 Å². The number of rotatable bonds is 5. The zero-order chi connectivity index (χ0) is 24.6. The van der Waals surface area contributed by atoms with Gasteiger partial charge in [0.25, 0.3) is 5.56 Å². The van der Waals surface area contributed by atoms with Gasteiger partial charge >= 0.3 is 0 Å². The second-order valence-corrected chi connectivity index (χ2v) is 7.97. The number of aromatic nitrogens is 4. The average molecular weight is 487 g/mol. The number of halogens is 4. The summed E-state index contributed by atoms with van der Waals surface area (Å²) in [6, 6.07) is 5.30. The summed E-state index contributed by atoms with van der Waals surface area (Å²) in [6.45, 7) is 4.62. The lowest BCUT2D eigenvalue weighted by molar-refractivity contribution is 0.292. The van der Waals surface area contributed by atoms with Crippen molar-refractivity contribution in [1.82, 2.24) is 19.5 Å². The number of nitrogens with zero attached hydrogens (tertiary/aromatic N) is 4. The maximum absolute atomic E-state index is 14.6. The van der Waals surface area contributed by atoms with Crippen LogP contribution in [0.3, 0.4) is 0 Å². The molecule has 4 rings (SSSR count). The first-order valence-corrected chi connectivity index (χ1v) is 10.5. The monoisotopic (exact) mass is 486 g/mol. The first-order valence-electron chi connectivity index (χ1n) is 10.1. The van der Waals surface area contributed by atoms with Crippen molar-refractivity contribution < 1.29 is 17.9 Å². The summed E-state index contributed by atoms with van der Waals surface area (Å²) in [4.78, 5) is 25.0. The second kappa shape index (κ2) is 9.26. The van der Waals surface area contributed by atoms with Gasteiger partial charge in [-0.1, -0.05) is 11.6 Å². The molecule has 0 saturated heterocycles. The molecule has 0 spiro atoms. The molecule has 0 aliphatic carbocycles. The Kier molecular flexibility index (Phi) is 6.39. The van der Waals surface area contributed by atoms with Crippen molar-refractivity contribution in [2.75, 3.05) is 0 Å². The Hall–Kier alpha value is -3.72. The molecule has 0 N–H and O–H groups in total. The molecule has 0 aromatic carbocycles. The molecule has 0 radical (unpaired) electrons. The van der Waals surface area contributed by atoms with E-state index in [-0.39, 0.29) is 34.3 Å². The molecule has 0 unspecified atom stereocenters. The van der Waals surface area contributed by atoms with Gasteiger partial charge in [-0.3, -0.25) is 24.3 Å². The number of aryl methyl sites for hydroxylation is 3. The molecular weight excluding hydrogens is 469 g/mol. The minimum absolute atomic E-state index is 0.0219. The van der Waals surface area contributed by atoms with Gasteiger partial charge in [-0.25, -0.2) is 13.2 Å². The fourth-order valence-electron chi connectivity index (χ4n) is 3.43. The van der Waals surface area contributed by atoms with E-state index in [1.165, 1.54) is 29.1 Å². The second-order valence-electron chi connectivity index (χ2n) is 7.59. The van der Waals surface area contributed by atoms with Crippen LogP contribution in [0, 0.1) is 38.2 Å². The molecule has 174 valence electrons. The molecule has 0 amide bonds. The summed E-state index contributed by atoms with van der Waals surface area (Å²) < 4.78 is 48.4. The number of hydrogen-bond acceptors (Lipinski definition) is 5. The van der Waals surface area contributed by atoms with E-state index in [0.717, 1.165) is 6.20 Å². The van der Waals surface area contributed by atoms with Crippen molar-refractivity contribution >= 4 is 11.6 Å². The van der Waals surface area contributed by atoms with Gasteiger partial charge in [0.05, 0.1) is 23.3 Å². The molecule has 4 aromatic heterocycles. The summed E-state index contributed by atoms with van der Waals surface area (Å²) in [5, 5.41) is -0.239. The van der Waals surface area contributed by atoms with Crippen LogP contribution in [-0.2, 0) is 6.61 Å². The van der Waals surface area contributed by atoms with E-state index in [1.807, 2.05) is 0 Å². The lowest BCUT2D eigenvalue weighted by Gasteiger charge is -2.17. The molecule has 0 aliphatic heterocycles. The summed E-state index contributed by atoms with van der Waals surface area (Å²) in [6.07, 6.45) is 3.88. The van der Waals surface area contributed by atoms with Gasteiger partial charge in [-0.2, -0.15) is 0 Å². The van der Waals surface area contributed by atoms with E-state index in [0.29, 0.717) is 28.7 Å². The third-order valence-electron chi connectivity index (χ3n) is 5.20. The molecule has 0 atom stereocenters. The van der Waals surface area contributed by atoms with Crippen LogP contribution in [0.2, 0.25) is 5.02 Å². The van der Waals surface area contributed by atoms with Crippen molar-refractivity contribution in [3.05, 3.63) is 98.3 Å². The number of hydrogen-bond donors (Lipinski definition) is 0. The Balaban J connectivity index is 1.74.